The van der Waals surface area contributed by atoms with Crippen LogP contribution in [-0.4, -0.2) is 5.78 Å². The number of allylic oxidation sites excluding steroid dienone is 2. The van der Waals surface area contributed by atoms with Crippen molar-refractivity contribution in [1.29, 1.82) is 0 Å². The van der Waals surface area contributed by atoms with Crippen molar-refractivity contribution in [2.24, 2.45) is 0 Å². The predicted octanol–water partition coefficient (Wildman–Crippen LogP) is 4.66. The maximum Gasteiger partial charge on any atom is 0.155 e. The second kappa shape index (κ2) is 9.95. The SMILES string of the molecule is CCCCCC(=O)/C=C(\C)CCCCC. The summed E-state index contributed by atoms with van der Waals surface area (Å²) in [6, 6.07) is 0. The van der Waals surface area contributed by atoms with E-state index in [4.69, 9.17) is 0 Å². The predicted molar refractivity (Wildman–Crippen MR) is 67.0 cm³/mol. The van der Waals surface area contributed by atoms with Crippen LogP contribution >= 0.6 is 0 Å². The highest BCUT2D eigenvalue weighted by Crippen LogP contribution is 2.09. The first-order valence-corrected chi connectivity index (χ1v) is 6.40. The fourth-order valence-electron chi connectivity index (χ4n) is 1.62. The molecule has 0 amide bonds. The summed E-state index contributed by atoms with van der Waals surface area (Å²) in [5.74, 6) is 0.317. The van der Waals surface area contributed by atoms with Crippen molar-refractivity contribution < 1.29 is 4.79 Å². The Morgan fingerprint density at radius 3 is 2.00 bits per heavy atom. The van der Waals surface area contributed by atoms with Crippen molar-refractivity contribution in [3.05, 3.63) is 11.6 Å². The van der Waals surface area contributed by atoms with Crippen molar-refractivity contribution in [2.75, 3.05) is 0 Å². The van der Waals surface area contributed by atoms with Crippen LogP contribution in [0, 0.1) is 0 Å². The third-order valence-corrected chi connectivity index (χ3v) is 2.61. The van der Waals surface area contributed by atoms with E-state index in [0.717, 1.165) is 19.3 Å². The Bertz CT molecular complexity index is 192. The molecule has 0 aliphatic rings. The van der Waals surface area contributed by atoms with Crippen molar-refractivity contribution in [2.45, 2.75) is 72.1 Å². The Morgan fingerprint density at radius 1 is 0.933 bits per heavy atom. The van der Waals surface area contributed by atoms with E-state index >= 15 is 0 Å². The van der Waals surface area contributed by atoms with Crippen LogP contribution in [0.1, 0.15) is 72.1 Å². The van der Waals surface area contributed by atoms with Gasteiger partial charge in [0.05, 0.1) is 0 Å². The minimum atomic E-state index is 0.317. The number of unbranched alkanes of at least 4 members (excludes halogenated alkanes) is 4. The molecule has 0 aromatic rings. The average Bonchev–Trinajstić information content (AvgIpc) is 2.18. The number of ketones is 1. The molecule has 0 fully saturated rings. The molecule has 0 bridgehead atoms. The first kappa shape index (κ1) is 14.4. The van der Waals surface area contributed by atoms with Gasteiger partial charge in [0.15, 0.2) is 5.78 Å². The second-order valence-corrected chi connectivity index (χ2v) is 4.37. The Labute approximate surface area is 95.0 Å². The second-order valence-electron chi connectivity index (χ2n) is 4.37. The molecule has 0 aromatic heterocycles. The van der Waals surface area contributed by atoms with E-state index in [-0.39, 0.29) is 0 Å². The first-order chi connectivity index (χ1) is 7.20. The molecule has 0 aliphatic carbocycles. The molecular weight excluding hydrogens is 184 g/mol. The molecule has 0 saturated heterocycles. The minimum Gasteiger partial charge on any atom is -0.295 e. The summed E-state index contributed by atoms with van der Waals surface area (Å²) in [6.45, 7) is 6.44. The van der Waals surface area contributed by atoms with Crippen molar-refractivity contribution in [3.63, 3.8) is 0 Å². The van der Waals surface area contributed by atoms with E-state index in [1.807, 2.05) is 6.08 Å². The minimum absolute atomic E-state index is 0.317. The van der Waals surface area contributed by atoms with Crippen molar-refractivity contribution in [1.82, 2.24) is 0 Å². The van der Waals surface area contributed by atoms with E-state index in [0.29, 0.717) is 5.78 Å². The maximum absolute atomic E-state index is 11.5. The van der Waals surface area contributed by atoms with Gasteiger partial charge in [0.2, 0.25) is 0 Å². The lowest BCUT2D eigenvalue weighted by Gasteiger charge is -2.00. The number of carbonyl (C=O) groups is 1. The Balaban J connectivity index is 3.65. The third-order valence-electron chi connectivity index (χ3n) is 2.61. The molecule has 0 aliphatic heterocycles. The summed E-state index contributed by atoms with van der Waals surface area (Å²) in [5, 5.41) is 0. The topological polar surface area (TPSA) is 17.1 Å². The maximum atomic E-state index is 11.5. The molecule has 0 aromatic carbocycles. The molecule has 0 saturated carbocycles. The zero-order valence-corrected chi connectivity index (χ0v) is 10.6. The molecule has 0 atom stereocenters. The van der Waals surface area contributed by atoms with E-state index in [1.165, 1.54) is 37.7 Å². The normalized spacial score (nSPS) is 11.8. The summed E-state index contributed by atoms with van der Waals surface area (Å²) in [5.41, 5.74) is 1.25. The molecule has 88 valence electrons. The Morgan fingerprint density at radius 2 is 1.47 bits per heavy atom. The summed E-state index contributed by atoms with van der Waals surface area (Å²) >= 11 is 0. The van der Waals surface area contributed by atoms with Crippen LogP contribution in [0.5, 0.6) is 0 Å². The molecule has 15 heavy (non-hydrogen) atoms. The quantitative estimate of drug-likeness (QED) is 0.399. The molecule has 0 spiro atoms. The summed E-state index contributed by atoms with van der Waals surface area (Å²) in [7, 11) is 0. The lowest BCUT2D eigenvalue weighted by molar-refractivity contribution is -0.114. The summed E-state index contributed by atoms with van der Waals surface area (Å²) in [6.07, 6.45) is 10.8. The third kappa shape index (κ3) is 9.71. The Hall–Kier alpha value is -0.590. The average molecular weight is 210 g/mol. The molecule has 0 rings (SSSR count). The van der Waals surface area contributed by atoms with Gasteiger partial charge in [0.25, 0.3) is 0 Å². The van der Waals surface area contributed by atoms with Crippen molar-refractivity contribution in [3.8, 4) is 0 Å². The van der Waals surface area contributed by atoms with Crippen LogP contribution in [-0.2, 0) is 4.79 Å². The van der Waals surface area contributed by atoms with Crippen LogP contribution in [0.3, 0.4) is 0 Å². The van der Waals surface area contributed by atoms with Gasteiger partial charge in [-0.05, 0) is 32.3 Å². The smallest absolute Gasteiger partial charge is 0.155 e. The number of rotatable bonds is 9. The number of carbonyl (C=O) groups excluding carboxylic acids is 1. The van der Waals surface area contributed by atoms with Gasteiger partial charge in [-0.25, -0.2) is 0 Å². The van der Waals surface area contributed by atoms with Crippen LogP contribution < -0.4 is 0 Å². The van der Waals surface area contributed by atoms with Gasteiger partial charge >= 0.3 is 0 Å². The molecule has 0 heterocycles. The van der Waals surface area contributed by atoms with Gasteiger partial charge < -0.3 is 0 Å². The Kier molecular flexibility index (Phi) is 9.55. The standard InChI is InChI=1S/C14H26O/c1-4-6-8-10-13(3)12-14(15)11-9-7-5-2/h12H,4-11H2,1-3H3/b13-12+. The molecule has 0 N–H and O–H groups in total. The largest absolute Gasteiger partial charge is 0.295 e. The van der Waals surface area contributed by atoms with E-state index < -0.39 is 0 Å². The highest BCUT2D eigenvalue weighted by Gasteiger charge is 1.98. The van der Waals surface area contributed by atoms with Gasteiger partial charge in [-0.3, -0.25) is 4.79 Å². The van der Waals surface area contributed by atoms with E-state index in [9.17, 15) is 4.79 Å². The highest BCUT2D eigenvalue weighted by molar-refractivity contribution is 5.90. The molecule has 0 radical (unpaired) electrons. The first-order valence-electron chi connectivity index (χ1n) is 6.40. The summed E-state index contributed by atoms with van der Waals surface area (Å²) in [4.78, 5) is 11.5. The molecular formula is C14H26O. The number of hydrogen-bond donors (Lipinski definition) is 0. The molecule has 1 heteroatoms. The van der Waals surface area contributed by atoms with Gasteiger partial charge in [0.1, 0.15) is 0 Å². The monoisotopic (exact) mass is 210 g/mol. The van der Waals surface area contributed by atoms with Crippen LogP contribution in [0.25, 0.3) is 0 Å². The zero-order valence-electron chi connectivity index (χ0n) is 10.6. The van der Waals surface area contributed by atoms with Crippen LogP contribution in [0.15, 0.2) is 11.6 Å². The van der Waals surface area contributed by atoms with Crippen LogP contribution in [0.2, 0.25) is 0 Å². The summed E-state index contributed by atoms with van der Waals surface area (Å²) < 4.78 is 0. The van der Waals surface area contributed by atoms with E-state index in [1.54, 1.807) is 0 Å². The fraction of sp³-hybridized carbons (Fsp3) is 0.786. The molecule has 0 unspecified atom stereocenters. The van der Waals surface area contributed by atoms with E-state index in [2.05, 4.69) is 20.8 Å². The van der Waals surface area contributed by atoms with Crippen LogP contribution in [0.4, 0.5) is 0 Å². The zero-order chi connectivity index (χ0) is 11.5. The highest BCUT2D eigenvalue weighted by atomic mass is 16.1. The lowest BCUT2D eigenvalue weighted by atomic mass is 10.1. The van der Waals surface area contributed by atoms with Gasteiger partial charge in [-0.15, -0.1) is 0 Å². The molecule has 1 nitrogen and oxygen atoms in total. The fourth-order valence-corrected chi connectivity index (χ4v) is 1.62. The van der Waals surface area contributed by atoms with Gasteiger partial charge in [0, 0.05) is 6.42 Å². The van der Waals surface area contributed by atoms with Crippen molar-refractivity contribution >= 4 is 5.78 Å². The number of hydrogen-bond acceptors (Lipinski definition) is 1. The lowest BCUT2D eigenvalue weighted by Crippen LogP contribution is -1.94. The van der Waals surface area contributed by atoms with Gasteiger partial charge in [-0.1, -0.05) is 45.1 Å². The van der Waals surface area contributed by atoms with Gasteiger partial charge in [-0.2, -0.15) is 0 Å².